The van der Waals surface area contributed by atoms with Gasteiger partial charge in [0.1, 0.15) is 17.6 Å². The summed E-state index contributed by atoms with van der Waals surface area (Å²) in [4.78, 5) is 29.0. The van der Waals surface area contributed by atoms with E-state index in [9.17, 15) is 9.59 Å². The Balaban J connectivity index is 1.24. The molecule has 7 nitrogen and oxygen atoms in total. The number of piperidine rings is 1. The molecule has 3 heterocycles. The summed E-state index contributed by atoms with van der Waals surface area (Å²) in [6.45, 7) is 2.44. The number of hydrogen-bond acceptors (Lipinski definition) is 6. The highest BCUT2D eigenvalue weighted by Crippen LogP contribution is 2.38. The SMILES string of the molecule is CCOC(=O)COc1ccc2c(c1)CCN(c1ccc(O[C@H]3C[C@H]4CC[C@@H](C3)N4C)c(Cl)c1)C2=O. The predicted molar refractivity (Wildman–Crippen MR) is 134 cm³/mol. The Bertz CT molecular complexity index is 1110. The van der Waals surface area contributed by atoms with Gasteiger partial charge in [-0.3, -0.25) is 4.79 Å². The van der Waals surface area contributed by atoms with Crippen molar-refractivity contribution in [2.45, 2.75) is 57.2 Å². The molecule has 3 aliphatic heterocycles. The van der Waals surface area contributed by atoms with Crippen LogP contribution in [0.4, 0.5) is 5.69 Å². The maximum Gasteiger partial charge on any atom is 0.344 e. The molecule has 0 N–H and O–H groups in total. The number of ether oxygens (including phenoxy) is 3. The van der Waals surface area contributed by atoms with Crippen molar-refractivity contribution in [3.8, 4) is 11.5 Å². The molecule has 3 atom stereocenters. The molecule has 2 fully saturated rings. The van der Waals surface area contributed by atoms with Gasteiger partial charge in [0.2, 0.25) is 0 Å². The zero-order valence-corrected chi connectivity index (χ0v) is 20.9. The minimum atomic E-state index is -0.417. The average molecular weight is 499 g/mol. The van der Waals surface area contributed by atoms with Crippen molar-refractivity contribution in [2.75, 3.05) is 31.7 Å². The zero-order valence-electron chi connectivity index (χ0n) is 20.2. The Labute approximate surface area is 210 Å². The molecule has 8 heteroatoms. The number of nitrogens with zero attached hydrogens (tertiary/aromatic N) is 2. The van der Waals surface area contributed by atoms with E-state index in [4.69, 9.17) is 25.8 Å². The smallest absolute Gasteiger partial charge is 0.344 e. The molecule has 5 rings (SSSR count). The van der Waals surface area contributed by atoms with Crippen LogP contribution in [0.2, 0.25) is 5.02 Å². The number of fused-ring (bicyclic) bond motifs is 3. The fourth-order valence-corrected chi connectivity index (χ4v) is 5.76. The monoisotopic (exact) mass is 498 g/mol. The number of esters is 1. The average Bonchev–Trinajstić information content (AvgIpc) is 3.04. The van der Waals surface area contributed by atoms with E-state index >= 15 is 0 Å². The van der Waals surface area contributed by atoms with E-state index in [1.807, 2.05) is 24.3 Å². The van der Waals surface area contributed by atoms with Crippen molar-refractivity contribution in [1.82, 2.24) is 4.90 Å². The van der Waals surface area contributed by atoms with Gasteiger partial charge in [0.25, 0.3) is 5.91 Å². The standard InChI is InChI=1S/C27H31ClN2O5/c1-3-33-26(31)16-34-21-7-8-23-17(12-21)10-11-30(27(23)32)20-6-9-25(24(28)15-20)35-22-13-18-4-5-19(14-22)29(18)2/h6-9,12,15,18-19,22H,3-5,10-11,13-14,16H2,1-2H3/t18-,19+,22+. The first-order chi connectivity index (χ1) is 16.9. The summed E-state index contributed by atoms with van der Waals surface area (Å²) in [5.74, 6) is 0.724. The molecular weight excluding hydrogens is 468 g/mol. The lowest BCUT2D eigenvalue weighted by atomic mass is 9.98. The summed E-state index contributed by atoms with van der Waals surface area (Å²) in [6.07, 6.45) is 5.38. The van der Waals surface area contributed by atoms with Crippen molar-refractivity contribution in [3.05, 3.63) is 52.5 Å². The number of carbonyl (C=O) groups excluding carboxylic acids is 2. The highest BCUT2D eigenvalue weighted by molar-refractivity contribution is 6.32. The summed E-state index contributed by atoms with van der Waals surface area (Å²) in [6, 6.07) is 12.1. The third kappa shape index (κ3) is 4.98. The summed E-state index contributed by atoms with van der Waals surface area (Å²) in [7, 11) is 2.21. The highest BCUT2D eigenvalue weighted by Gasteiger charge is 2.39. The van der Waals surface area contributed by atoms with Gasteiger partial charge in [0, 0.05) is 29.9 Å². The first-order valence-electron chi connectivity index (χ1n) is 12.3. The van der Waals surface area contributed by atoms with Crippen molar-refractivity contribution < 1.29 is 23.8 Å². The Kier molecular flexibility index (Phi) is 6.89. The van der Waals surface area contributed by atoms with E-state index in [-0.39, 0.29) is 18.6 Å². The first-order valence-corrected chi connectivity index (χ1v) is 12.7. The zero-order chi connectivity index (χ0) is 24.5. The van der Waals surface area contributed by atoms with Crippen molar-refractivity contribution in [2.24, 2.45) is 0 Å². The number of halogens is 1. The molecule has 2 aromatic rings. The lowest BCUT2D eigenvalue weighted by Gasteiger charge is -2.36. The molecule has 0 aliphatic carbocycles. The van der Waals surface area contributed by atoms with Crippen LogP contribution in [0.3, 0.4) is 0 Å². The number of benzene rings is 2. The van der Waals surface area contributed by atoms with E-state index in [1.165, 1.54) is 12.8 Å². The van der Waals surface area contributed by atoms with Crippen LogP contribution in [0.15, 0.2) is 36.4 Å². The fourth-order valence-electron chi connectivity index (χ4n) is 5.54. The van der Waals surface area contributed by atoms with Crippen LogP contribution in [-0.4, -0.2) is 61.8 Å². The molecular formula is C27H31ClN2O5. The van der Waals surface area contributed by atoms with Crippen LogP contribution in [0.25, 0.3) is 0 Å². The summed E-state index contributed by atoms with van der Waals surface area (Å²) >= 11 is 6.61. The summed E-state index contributed by atoms with van der Waals surface area (Å²) in [5.41, 5.74) is 2.28. The quantitative estimate of drug-likeness (QED) is 0.524. The third-order valence-electron chi connectivity index (χ3n) is 7.39. The summed E-state index contributed by atoms with van der Waals surface area (Å²) < 4.78 is 16.7. The van der Waals surface area contributed by atoms with Crippen molar-refractivity contribution in [3.63, 3.8) is 0 Å². The first kappa shape index (κ1) is 23.9. The molecule has 2 saturated heterocycles. The maximum absolute atomic E-state index is 13.2. The van der Waals surface area contributed by atoms with Gasteiger partial charge in [-0.15, -0.1) is 0 Å². The molecule has 186 valence electrons. The second-order valence-electron chi connectivity index (χ2n) is 9.50. The van der Waals surface area contributed by atoms with Gasteiger partial charge in [-0.2, -0.15) is 0 Å². The lowest BCUT2D eigenvalue weighted by molar-refractivity contribution is -0.145. The van der Waals surface area contributed by atoms with Gasteiger partial charge in [-0.25, -0.2) is 4.79 Å². The van der Waals surface area contributed by atoms with E-state index in [2.05, 4.69) is 11.9 Å². The number of carbonyl (C=O) groups is 2. The van der Waals surface area contributed by atoms with Gasteiger partial charge in [-0.1, -0.05) is 11.6 Å². The van der Waals surface area contributed by atoms with E-state index < -0.39 is 5.97 Å². The number of amides is 1. The second-order valence-corrected chi connectivity index (χ2v) is 9.90. The Morgan fingerprint density at radius 1 is 1.11 bits per heavy atom. The number of hydrogen-bond donors (Lipinski definition) is 0. The Morgan fingerprint density at radius 2 is 1.89 bits per heavy atom. The maximum atomic E-state index is 13.2. The summed E-state index contributed by atoms with van der Waals surface area (Å²) in [5, 5.41) is 0.523. The predicted octanol–water partition coefficient (Wildman–Crippen LogP) is 4.49. The van der Waals surface area contributed by atoms with Gasteiger partial charge < -0.3 is 24.0 Å². The molecule has 35 heavy (non-hydrogen) atoms. The molecule has 0 aromatic heterocycles. The Morgan fingerprint density at radius 3 is 2.60 bits per heavy atom. The molecule has 0 unspecified atom stereocenters. The second kappa shape index (κ2) is 10.1. The number of anilines is 1. The largest absolute Gasteiger partial charge is 0.489 e. The van der Waals surface area contributed by atoms with Crippen LogP contribution in [0.1, 0.15) is 48.5 Å². The molecule has 0 radical (unpaired) electrons. The molecule has 0 saturated carbocycles. The van der Waals surface area contributed by atoms with Crippen LogP contribution in [0.5, 0.6) is 11.5 Å². The van der Waals surface area contributed by atoms with E-state index in [0.29, 0.717) is 53.7 Å². The van der Waals surface area contributed by atoms with Gasteiger partial charge in [0.05, 0.1) is 11.6 Å². The van der Waals surface area contributed by atoms with Crippen LogP contribution < -0.4 is 14.4 Å². The van der Waals surface area contributed by atoms with Gasteiger partial charge in [-0.05, 0) is 88.0 Å². The van der Waals surface area contributed by atoms with Gasteiger partial charge in [0.15, 0.2) is 6.61 Å². The van der Waals surface area contributed by atoms with Crippen LogP contribution in [-0.2, 0) is 16.0 Å². The molecule has 2 bridgehead atoms. The van der Waals surface area contributed by atoms with Gasteiger partial charge >= 0.3 is 5.97 Å². The topological polar surface area (TPSA) is 68.3 Å². The number of rotatable bonds is 7. The highest BCUT2D eigenvalue weighted by atomic mass is 35.5. The van der Waals surface area contributed by atoms with E-state index in [0.717, 1.165) is 24.1 Å². The Hall–Kier alpha value is -2.77. The fraction of sp³-hybridized carbons (Fsp3) is 0.481. The van der Waals surface area contributed by atoms with Crippen molar-refractivity contribution >= 4 is 29.2 Å². The third-order valence-corrected chi connectivity index (χ3v) is 7.69. The van der Waals surface area contributed by atoms with Crippen LogP contribution in [0, 0.1) is 0 Å². The van der Waals surface area contributed by atoms with Crippen LogP contribution >= 0.6 is 11.6 Å². The molecule has 2 aromatic carbocycles. The van der Waals surface area contributed by atoms with Crippen molar-refractivity contribution in [1.29, 1.82) is 0 Å². The lowest BCUT2D eigenvalue weighted by Crippen LogP contribution is -2.43. The molecule has 1 amide bonds. The minimum Gasteiger partial charge on any atom is -0.489 e. The van der Waals surface area contributed by atoms with E-state index in [1.54, 1.807) is 24.0 Å². The molecule has 0 spiro atoms. The minimum absolute atomic E-state index is 0.0835. The molecule has 3 aliphatic rings. The normalized spacial score (nSPS) is 23.7.